The number of benzene rings is 2. The summed E-state index contributed by atoms with van der Waals surface area (Å²) in [5.41, 5.74) is 3.06. The summed E-state index contributed by atoms with van der Waals surface area (Å²) in [4.78, 5) is 12.3. The molecule has 0 aliphatic carbocycles. The zero-order chi connectivity index (χ0) is 19.4. The average Bonchev–Trinajstić information content (AvgIpc) is 3.12. The number of primary sulfonamides is 1. The van der Waals surface area contributed by atoms with Crippen molar-refractivity contribution in [3.05, 3.63) is 71.5 Å². The second-order valence-electron chi connectivity index (χ2n) is 6.08. The van der Waals surface area contributed by atoms with E-state index in [1.165, 1.54) is 12.1 Å². The van der Waals surface area contributed by atoms with Gasteiger partial charge in [0.15, 0.2) is 5.69 Å². The monoisotopic (exact) mass is 385 g/mol. The molecule has 0 radical (unpaired) electrons. The van der Waals surface area contributed by atoms with Crippen molar-refractivity contribution in [2.45, 2.75) is 18.2 Å². The van der Waals surface area contributed by atoms with Crippen molar-refractivity contribution in [1.29, 1.82) is 0 Å². The minimum atomic E-state index is -3.70. The molecule has 0 bridgehead atoms. The number of aromatic nitrogens is 3. The van der Waals surface area contributed by atoms with Crippen LogP contribution >= 0.6 is 0 Å². The molecule has 140 valence electrons. The molecular formula is C18H19N5O3S. The van der Waals surface area contributed by atoms with Crippen LogP contribution in [-0.4, -0.2) is 35.9 Å². The standard InChI is InChI=1S/C18H19N5O3S/c1-13-2-6-15(7-3-13)23-12-17(21-22-23)18(24)20-11-10-14-4-8-16(9-5-14)27(19,25)26/h2-9,12H,10-11H2,1H3,(H,20,24)(H2,19,25,26). The molecule has 0 saturated heterocycles. The summed E-state index contributed by atoms with van der Waals surface area (Å²) in [5, 5.41) is 15.7. The highest BCUT2D eigenvalue weighted by Crippen LogP contribution is 2.10. The quantitative estimate of drug-likeness (QED) is 0.660. The Balaban J connectivity index is 1.56. The lowest BCUT2D eigenvalue weighted by atomic mass is 10.1. The summed E-state index contributed by atoms with van der Waals surface area (Å²) in [5.74, 6) is -0.325. The van der Waals surface area contributed by atoms with Crippen LogP contribution in [0.1, 0.15) is 21.6 Å². The number of amides is 1. The van der Waals surface area contributed by atoms with Crippen LogP contribution in [0.15, 0.2) is 59.6 Å². The normalized spacial score (nSPS) is 11.3. The van der Waals surface area contributed by atoms with Gasteiger partial charge in [-0.2, -0.15) is 0 Å². The topological polar surface area (TPSA) is 120 Å². The zero-order valence-electron chi connectivity index (χ0n) is 14.7. The van der Waals surface area contributed by atoms with Gasteiger partial charge < -0.3 is 5.32 Å². The van der Waals surface area contributed by atoms with E-state index in [2.05, 4.69) is 15.6 Å². The highest BCUT2D eigenvalue weighted by molar-refractivity contribution is 7.89. The molecule has 0 saturated carbocycles. The molecule has 8 nitrogen and oxygen atoms in total. The predicted octanol–water partition coefficient (Wildman–Crippen LogP) is 1.20. The number of nitrogens with zero attached hydrogens (tertiary/aromatic N) is 3. The van der Waals surface area contributed by atoms with E-state index in [4.69, 9.17) is 5.14 Å². The van der Waals surface area contributed by atoms with Crippen LogP contribution in [0.2, 0.25) is 0 Å². The Bertz CT molecular complexity index is 1040. The molecule has 1 heterocycles. The number of aryl methyl sites for hydroxylation is 1. The fourth-order valence-electron chi connectivity index (χ4n) is 2.45. The Hall–Kier alpha value is -3.04. The molecule has 1 amide bonds. The molecule has 0 aliphatic heterocycles. The third-order valence-corrected chi connectivity index (χ3v) is 4.90. The van der Waals surface area contributed by atoms with Crippen LogP contribution in [-0.2, 0) is 16.4 Å². The zero-order valence-corrected chi connectivity index (χ0v) is 15.5. The fraction of sp³-hybridized carbons (Fsp3) is 0.167. The van der Waals surface area contributed by atoms with Crippen molar-refractivity contribution < 1.29 is 13.2 Å². The Labute approximate surface area is 157 Å². The molecule has 0 aliphatic rings. The van der Waals surface area contributed by atoms with Crippen LogP contribution in [0, 0.1) is 6.92 Å². The summed E-state index contributed by atoms with van der Waals surface area (Å²) >= 11 is 0. The Morgan fingerprint density at radius 3 is 2.41 bits per heavy atom. The lowest BCUT2D eigenvalue weighted by Gasteiger charge is -2.04. The van der Waals surface area contributed by atoms with Crippen LogP contribution < -0.4 is 10.5 Å². The lowest BCUT2D eigenvalue weighted by Crippen LogP contribution is -2.26. The molecule has 2 aromatic carbocycles. The smallest absolute Gasteiger partial charge is 0.273 e. The summed E-state index contributed by atoms with van der Waals surface area (Å²) in [7, 11) is -3.70. The van der Waals surface area contributed by atoms with E-state index in [-0.39, 0.29) is 16.5 Å². The molecule has 3 aromatic rings. The Morgan fingerprint density at radius 2 is 1.78 bits per heavy atom. The minimum absolute atomic E-state index is 0.0583. The van der Waals surface area contributed by atoms with Crippen molar-refractivity contribution in [2.24, 2.45) is 5.14 Å². The predicted molar refractivity (Wildman–Crippen MR) is 99.9 cm³/mol. The van der Waals surface area contributed by atoms with Crippen molar-refractivity contribution >= 4 is 15.9 Å². The van der Waals surface area contributed by atoms with Crippen molar-refractivity contribution in [2.75, 3.05) is 6.54 Å². The van der Waals surface area contributed by atoms with Gasteiger partial charge in [-0.1, -0.05) is 35.0 Å². The van der Waals surface area contributed by atoms with Gasteiger partial charge in [-0.15, -0.1) is 5.10 Å². The molecule has 1 aromatic heterocycles. The van der Waals surface area contributed by atoms with E-state index in [0.717, 1.165) is 16.8 Å². The van der Waals surface area contributed by atoms with Gasteiger partial charge in [0, 0.05) is 6.54 Å². The van der Waals surface area contributed by atoms with Crippen molar-refractivity contribution in [1.82, 2.24) is 20.3 Å². The molecule has 0 fully saturated rings. The third-order valence-electron chi connectivity index (χ3n) is 3.98. The molecule has 0 unspecified atom stereocenters. The summed E-state index contributed by atoms with van der Waals surface area (Å²) in [6, 6.07) is 13.9. The largest absolute Gasteiger partial charge is 0.350 e. The first-order valence-corrected chi connectivity index (χ1v) is 9.77. The maximum Gasteiger partial charge on any atom is 0.273 e. The molecule has 0 spiro atoms. The first kappa shape index (κ1) is 18.7. The van der Waals surface area contributed by atoms with Gasteiger partial charge in [0.2, 0.25) is 10.0 Å². The van der Waals surface area contributed by atoms with Crippen LogP contribution in [0.4, 0.5) is 0 Å². The molecule has 9 heteroatoms. The van der Waals surface area contributed by atoms with Gasteiger partial charge in [-0.05, 0) is 43.2 Å². The maximum atomic E-state index is 12.2. The summed E-state index contributed by atoms with van der Waals surface area (Å²) < 4.78 is 24.0. The van der Waals surface area contributed by atoms with Crippen molar-refractivity contribution in [3.63, 3.8) is 0 Å². The summed E-state index contributed by atoms with van der Waals surface area (Å²) in [6.45, 7) is 2.37. The van der Waals surface area contributed by atoms with Crippen LogP contribution in [0.25, 0.3) is 5.69 Å². The van der Waals surface area contributed by atoms with Gasteiger partial charge in [-0.3, -0.25) is 4.79 Å². The molecule has 3 rings (SSSR count). The van der Waals surface area contributed by atoms with Gasteiger partial charge in [0.1, 0.15) is 0 Å². The number of rotatable bonds is 6. The fourth-order valence-corrected chi connectivity index (χ4v) is 2.96. The number of nitrogens with one attached hydrogen (secondary N) is 1. The number of hydrogen-bond acceptors (Lipinski definition) is 5. The Morgan fingerprint density at radius 1 is 1.11 bits per heavy atom. The van der Waals surface area contributed by atoms with E-state index in [9.17, 15) is 13.2 Å². The average molecular weight is 385 g/mol. The number of carbonyl (C=O) groups excluding carboxylic acids is 1. The maximum absolute atomic E-state index is 12.2. The summed E-state index contributed by atoms with van der Waals surface area (Å²) in [6.07, 6.45) is 2.11. The number of sulfonamides is 1. The Kier molecular flexibility index (Phi) is 5.33. The van der Waals surface area contributed by atoms with E-state index in [1.54, 1.807) is 23.0 Å². The van der Waals surface area contributed by atoms with E-state index < -0.39 is 10.0 Å². The minimum Gasteiger partial charge on any atom is -0.350 e. The second kappa shape index (κ2) is 7.68. The molecule has 3 N–H and O–H groups in total. The second-order valence-corrected chi connectivity index (χ2v) is 7.64. The highest BCUT2D eigenvalue weighted by Gasteiger charge is 2.11. The highest BCUT2D eigenvalue weighted by atomic mass is 32.2. The van der Waals surface area contributed by atoms with Gasteiger partial charge in [0.25, 0.3) is 5.91 Å². The number of nitrogens with two attached hydrogens (primary N) is 1. The molecular weight excluding hydrogens is 366 g/mol. The van der Waals surface area contributed by atoms with Gasteiger partial charge in [0.05, 0.1) is 16.8 Å². The lowest BCUT2D eigenvalue weighted by molar-refractivity contribution is 0.0949. The molecule has 0 atom stereocenters. The SMILES string of the molecule is Cc1ccc(-n2cc(C(=O)NCCc3ccc(S(N)(=O)=O)cc3)nn2)cc1. The van der Waals surface area contributed by atoms with Crippen molar-refractivity contribution in [3.8, 4) is 5.69 Å². The molecule has 27 heavy (non-hydrogen) atoms. The van der Waals surface area contributed by atoms with Gasteiger partial charge in [-0.25, -0.2) is 18.2 Å². The van der Waals surface area contributed by atoms with E-state index >= 15 is 0 Å². The van der Waals surface area contributed by atoms with Gasteiger partial charge >= 0.3 is 0 Å². The third kappa shape index (κ3) is 4.78. The van der Waals surface area contributed by atoms with E-state index in [0.29, 0.717) is 13.0 Å². The van der Waals surface area contributed by atoms with E-state index in [1.807, 2.05) is 31.2 Å². The number of hydrogen-bond donors (Lipinski definition) is 2. The van der Waals surface area contributed by atoms with Crippen LogP contribution in [0.3, 0.4) is 0 Å². The first-order valence-electron chi connectivity index (χ1n) is 8.22. The number of carbonyl (C=O) groups is 1. The first-order chi connectivity index (χ1) is 12.8. The van der Waals surface area contributed by atoms with Crippen LogP contribution in [0.5, 0.6) is 0 Å².